The lowest BCUT2D eigenvalue weighted by Gasteiger charge is -2.19. The highest BCUT2D eigenvalue weighted by Crippen LogP contribution is 2.61. The van der Waals surface area contributed by atoms with Crippen LogP contribution in [0.1, 0.15) is 60.2 Å². The van der Waals surface area contributed by atoms with Crippen LogP contribution < -0.4 is 4.74 Å². The van der Waals surface area contributed by atoms with Crippen LogP contribution in [-0.4, -0.2) is 28.5 Å². The second-order valence-electron chi connectivity index (χ2n) is 10.0. The molecule has 4 rings (SSSR count). The van der Waals surface area contributed by atoms with E-state index in [1.54, 1.807) is 42.5 Å². The Hall–Kier alpha value is -2.99. The molecule has 2 unspecified atom stereocenters. The molecule has 1 fully saturated rings. The molecular weight excluding hydrogens is 545 g/mol. The molecule has 3 aromatic rings. The van der Waals surface area contributed by atoms with E-state index < -0.39 is 5.97 Å². The largest absolute Gasteiger partial charge is 0.512 e. The van der Waals surface area contributed by atoms with Gasteiger partial charge in [0.2, 0.25) is 0 Å². The van der Waals surface area contributed by atoms with E-state index in [0.717, 1.165) is 17.5 Å². The van der Waals surface area contributed by atoms with Crippen LogP contribution in [0.5, 0.6) is 5.75 Å². The van der Waals surface area contributed by atoms with Gasteiger partial charge in [-0.15, -0.1) is 0 Å². The highest BCUT2D eigenvalue weighted by atomic mass is 35.5. The van der Waals surface area contributed by atoms with Crippen LogP contribution in [0, 0.1) is 11.3 Å². The molecule has 8 heteroatoms. The Morgan fingerprint density at radius 2 is 1.68 bits per heavy atom. The maximum Gasteiger partial charge on any atom is 0.335 e. The molecule has 38 heavy (non-hydrogen) atoms. The molecule has 0 saturated heterocycles. The number of rotatable bonds is 9. The Morgan fingerprint density at radius 1 is 1.03 bits per heavy atom. The van der Waals surface area contributed by atoms with Crippen molar-refractivity contribution in [2.75, 3.05) is 6.61 Å². The Kier molecular flexibility index (Phi) is 8.12. The number of hydrogen-bond acceptors (Lipinski definition) is 4. The van der Waals surface area contributed by atoms with Crippen molar-refractivity contribution in [3.05, 3.63) is 109 Å². The topological polar surface area (TPSA) is 90.6 Å². The van der Waals surface area contributed by atoms with E-state index in [1.165, 1.54) is 0 Å². The van der Waals surface area contributed by atoms with E-state index in [0.29, 0.717) is 26.4 Å². The molecule has 0 amide bonds. The molecule has 0 bridgehead atoms. The molecular formula is C30H28Cl3NO4. The van der Waals surface area contributed by atoms with Crippen molar-refractivity contribution in [3.8, 4) is 5.75 Å². The number of aromatic carboxylic acids is 1. The predicted octanol–water partition coefficient (Wildman–Crippen LogP) is 8.71. The Balaban J connectivity index is 1.55. The molecule has 2 atom stereocenters. The van der Waals surface area contributed by atoms with E-state index in [9.17, 15) is 15.0 Å². The van der Waals surface area contributed by atoms with Crippen LogP contribution in [0.2, 0.25) is 15.1 Å². The number of carboxylic acid groups (broad SMARTS) is 1. The minimum atomic E-state index is -0.949. The van der Waals surface area contributed by atoms with E-state index >= 15 is 0 Å². The zero-order valence-corrected chi connectivity index (χ0v) is 23.5. The van der Waals surface area contributed by atoms with Crippen molar-refractivity contribution in [2.45, 2.75) is 38.5 Å². The number of hydrogen-bond donors (Lipinski definition) is 3. The highest BCUT2D eigenvalue weighted by molar-refractivity contribution is 6.41. The fourth-order valence-electron chi connectivity index (χ4n) is 4.75. The van der Waals surface area contributed by atoms with Gasteiger partial charge in [-0.1, -0.05) is 79.8 Å². The van der Waals surface area contributed by atoms with Crippen LogP contribution in [0.3, 0.4) is 0 Å². The van der Waals surface area contributed by atoms with Crippen LogP contribution in [-0.2, 0) is 5.41 Å². The van der Waals surface area contributed by atoms with Crippen LogP contribution in [0.4, 0.5) is 0 Å². The number of aliphatic hydroxyl groups excluding tert-OH is 1. The summed E-state index contributed by atoms with van der Waals surface area (Å²) in [5, 5.41) is 30.0. The number of halogens is 3. The zero-order valence-electron chi connectivity index (χ0n) is 21.2. The molecule has 1 aliphatic carbocycles. The molecule has 1 aliphatic rings. The zero-order chi connectivity index (χ0) is 27.8. The minimum Gasteiger partial charge on any atom is -0.512 e. The molecule has 0 aliphatic heterocycles. The third-order valence-corrected chi connectivity index (χ3v) is 8.03. The van der Waals surface area contributed by atoms with Crippen molar-refractivity contribution in [2.24, 2.45) is 5.92 Å². The van der Waals surface area contributed by atoms with E-state index in [4.69, 9.17) is 44.9 Å². The maximum absolute atomic E-state index is 11.4. The van der Waals surface area contributed by atoms with Gasteiger partial charge in [-0.25, -0.2) is 4.79 Å². The van der Waals surface area contributed by atoms with E-state index in [1.807, 2.05) is 32.0 Å². The summed E-state index contributed by atoms with van der Waals surface area (Å²) in [4.78, 5) is 11.4. The van der Waals surface area contributed by atoms with Gasteiger partial charge >= 0.3 is 5.97 Å². The third-order valence-electron chi connectivity index (χ3n) is 7.08. The van der Waals surface area contributed by atoms with Crippen molar-refractivity contribution in [1.29, 1.82) is 5.41 Å². The molecule has 1 saturated carbocycles. The summed E-state index contributed by atoms with van der Waals surface area (Å²) in [5.74, 6) is -0.530. The van der Waals surface area contributed by atoms with Crippen LogP contribution in [0.25, 0.3) is 0 Å². The first-order valence-electron chi connectivity index (χ1n) is 12.2. The van der Waals surface area contributed by atoms with Gasteiger partial charge in [-0.2, -0.15) is 0 Å². The molecule has 5 nitrogen and oxygen atoms in total. The van der Waals surface area contributed by atoms with Gasteiger partial charge in [0.15, 0.2) is 0 Å². The summed E-state index contributed by atoms with van der Waals surface area (Å²) < 4.78 is 5.99. The molecule has 3 aromatic carbocycles. The summed E-state index contributed by atoms with van der Waals surface area (Å²) in [7, 11) is 0. The van der Waals surface area contributed by atoms with Crippen molar-refractivity contribution in [3.63, 3.8) is 0 Å². The fourth-order valence-corrected chi connectivity index (χ4v) is 5.72. The summed E-state index contributed by atoms with van der Waals surface area (Å²) in [6, 6.07) is 17.5. The van der Waals surface area contributed by atoms with Crippen molar-refractivity contribution >= 4 is 46.5 Å². The molecule has 0 spiro atoms. The molecule has 0 radical (unpaired) electrons. The molecule has 0 aromatic heterocycles. The standard InChI is InChI=1S/C30H28Cl3NO4/c1-16(2)28(35)20(27(34)26-23(31)8-5-9-24(26)32)15-38-19-10-11-21(25(33)13-19)30(3)14-22(30)17-6-4-7-18(12-17)29(36)37/h4-13,16,22,34-35H,14-15H2,1-3H3,(H,36,37)/b28-20-,34-27?. The van der Waals surface area contributed by atoms with Gasteiger partial charge in [0.25, 0.3) is 0 Å². The number of carboxylic acids is 1. The van der Waals surface area contributed by atoms with Crippen molar-refractivity contribution < 1.29 is 19.7 Å². The Morgan fingerprint density at radius 3 is 2.29 bits per heavy atom. The smallest absolute Gasteiger partial charge is 0.335 e. The second kappa shape index (κ2) is 11.0. The molecule has 198 valence electrons. The summed E-state index contributed by atoms with van der Waals surface area (Å²) in [6.07, 6.45) is 0.848. The van der Waals surface area contributed by atoms with Gasteiger partial charge in [-0.3, -0.25) is 5.41 Å². The van der Waals surface area contributed by atoms with E-state index in [2.05, 4.69) is 6.92 Å². The lowest BCUT2D eigenvalue weighted by atomic mass is 9.92. The number of ether oxygens (including phenoxy) is 1. The number of benzene rings is 3. The normalized spacial score (nSPS) is 19.2. The van der Waals surface area contributed by atoms with Crippen molar-refractivity contribution in [1.82, 2.24) is 0 Å². The molecule has 0 heterocycles. The average Bonchev–Trinajstić information content (AvgIpc) is 3.56. The average molecular weight is 573 g/mol. The van der Waals surface area contributed by atoms with Crippen LogP contribution >= 0.6 is 34.8 Å². The first kappa shape index (κ1) is 28.0. The molecule has 3 N–H and O–H groups in total. The highest BCUT2D eigenvalue weighted by Gasteiger charge is 2.52. The second-order valence-corrected chi connectivity index (χ2v) is 11.2. The summed E-state index contributed by atoms with van der Waals surface area (Å²) >= 11 is 19.3. The number of allylic oxidation sites excluding steroid dienone is 1. The lowest BCUT2D eigenvalue weighted by molar-refractivity contribution is 0.0696. The lowest BCUT2D eigenvalue weighted by Crippen LogP contribution is -2.17. The monoisotopic (exact) mass is 571 g/mol. The number of aliphatic hydroxyl groups is 1. The van der Waals surface area contributed by atoms with E-state index in [-0.39, 0.29) is 46.5 Å². The van der Waals surface area contributed by atoms with Gasteiger partial charge in [0, 0.05) is 21.9 Å². The number of nitrogens with one attached hydrogen (secondary N) is 1. The van der Waals surface area contributed by atoms with Gasteiger partial charge in [-0.05, 0) is 59.9 Å². The Labute approximate surface area is 237 Å². The quantitative estimate of drug-likeness (QED) is 0.177. The Bertz CT molecular complexity index is 1430. The SMILES string of the molecule is CC(C)/C(O)=C(\COc1ccc(C2(C)CC2c2cccc(C(=O)O)c2)c(Cl)c1)C(=N)c1c(Cl)cccc1Cl. The predicted molar refractivity (Wildman–Crippen MR) is 153 cm³/mol. The first-order valence-corrected chi connectivity index (χ1v) is 13.3. The third kappa shape index (κ3) is 5.56. The summed E-state index contributed by atoms with van der Waals surface area (Å²) in [5.41, 5.74) is 2.57. The minimum absolute atomic E-state index is 0.00792. The van der Waals surface area contributed by atoms with Gasteiger partial charge < -0.3 is 14.9 Å². The van der Waals surface area contributed by atoms with Crippen LogP contribution in [0.15, 0.2) is 72.0 Å². The summed E-state index contributed by atoms with van der Waals surface area (Å²) in [6.45, 7) is 5.67. The number of carbonyl (C=O) groups is 1. The maximum atomic E-state index is 11.4. The van der Waals surface area contributed by atoms with Gasteiger partial charge in [0.05, 0.1) is 26.9 Å². The first-order chi connectivity index (χ1) is 17.9. The van der Waals surface area contributed by atoms with Gasteiger partial charge in [0.1, 0.15) is 18.1 Å². The fraction of sp³-hybridized carbons (Fsp3) is 0.267.